The standard InChI is InChI=1S/C12H22/c1-5-8-9-10-11-12(4,6-2)7-3/h6,9-10H,2,5,7-8,11H2,1,3-4H3. The Morgan fingerprint density at radius 1 is 1.25 bits per heavy atom. The van der Waals surface area contributed by atoms with Gasteiger partial charge in [-0.25, -0.2) is 0 Å². The van der Waals surface area contributed by atoms with Crippen molar-refractivity contribution in [2.45, 2.75) is 46.5 Å². The highest BCUT2D eigenvalue weighted by molar-refractivity contribution is 4.97. The van der Waals surface area contributed by atoms with E-state index in [-0.39, 0.29) is 0 Å². The van der Waals surface area contributed by atoms with Gasteiger partial charge in [0.2, 0.25) is 0 Å². The molecule has 70 valence electrons. The molecular weight excluding hydrogens is 144 g/mol. The Balaban J connectivity index is 3.79. The maximum absolute atomic E-state index is 3.87. The predicted molar refractivity (Wildman–Crippen MR) is 57.3 cm³/mol. The van der Waals surface area contributed by atoms with Gasteiger partial charge in [0.05, 0.1) is 0 Å². The first-order valence-corrected chi connectivity index (χ1v) is 4.97. The first-order chi connectivity index (χ1) is 5.68. The van der Waals surface area contributed by atoms with Crippen molar-refractivity contribution in [2.75, 3.05) is 0 Å². The summed E-state index contributed by atoms with van der Waals surface area (Å²) in [6.45, 7) is 10.6. The summed E-state index contributed by atoms with van der Waals surface area (Å²) in [6, 6.07) is 0. The Bertz CT molecular complexity index is 144. The number of hydrogen-bond acceptors (Lipinski definition) is 0. The maximum atomic E-state index is 3.87. The molecule has 0 aliphatic carbocycles. The number of allylic oxidation sites excluding steroid dienone is 3. The summed E-state index contributed by atoms with van der Waals surface area (Å²) in [5.74, 6) is 0. The molecule has 1 atom stereocenters. The van der Waals surface area contributed by atoms with Crippen molar-refractivity contribution in [3.8, 4) is 0 Å². The van der Waals surface area contributed by atoms with Crippen molar-refractivity contribution in [2.24, 2.45) is 5.41 Å². The van der Waals surface area contributed by atoms with E-state index in [1.54, 1.807) is 0 Å². The van der Waals surface area contributed by atoms with Crippen molar-refractivity contribution in [3.63, 3.8) is 0 Å². The third-order valence-corrected chi connectivity index (χ3v) is 2.51. The van der Waals surface area contributed by atoms with Crippen LogP contribution in [0.5, 0.6) is 0 Å². The molecule has 0 aliphatic rings. The number of rotatable bonds is 6. The Hall–Kier alpha value is -0.520. The first kappa shape index (κ1) is 11.5. The smallest absolute Gasteiger partial charge is 0.0117 e. The molecule has 0 saturated heterocycles. The molecular formula is C12H22. The van der Waals surface area contributed by atoms with Crippen LogP contribution in [0.2, 0.25) is 0 Å². The molecule has 0 radical (unpaired) electrons. The molecule has 0 saturated carbocycles. The lowest BCUT2D eigenvalue weighted by Crippen LogP contribution is -2.09. The Kier molecular flexibility index (Phi) is 5.79. The largest absolute Gasteiger partial charge is 0.103 e. The molecule has 0 amide bonds. The summed E-state index contributed by atoms with van der Waals surface area (Å²) in [6.07, 6.45) is 11.4. The van der Waals surface area contributed by atoms with Crippen LogP contribution >= 0.6 is 0 Å². The Morgan fingerprint density at radius 2 is 1.92 bits per heavy atom. The van der Waals surface area contributed by atoms with E-state index < -0.39 is 0 Å². The minimum Gasteiger partial charge on any atom is -0.103 e. The summed E-state index contributed by atoms with van der Waals surface area (Å²) in [7, 11) is 0. The number of unbranched alkanes of at least 4 members (excludes halogenated alkanes) is 1. The Labute approximate surface area is 77.4 Å². The topological polar surface area (TPSA) is 0 Å². The van der Waals surface area contributed by atoms with E-state index in [4.69, 9.17) is 0 Å². The second kappa shape index (κ2) is 6.05. The van der Waals surface area contributed by atoms with Crippen LogP contribution in [0, 0.1) is 5.41 Å². The summed E-state index contributed by atoms with van der Waals surface area (Å²) >= 11 is 0. The summed E-state index contributed by atoms with van der Waals surface area (Å²) in [4.78, 5) is 0. The quantitative estimate of drug-likeness (QED) is 0.515. The van der Waals surface area contributed by atoms with Gasteiger partial charge in [0, 0.05) is 0 Å². The highest BCUT2D eigenvalue weighted by Gasteiger charge is 2.14. The van der Waals surface area contributed by atoms with Gasteiger partial charge in [0.15, 0.2) is 0 Å². The second-order valence-corrected chi connectivity index (χ2v) is 3.68. The monoisotopic (exact) mass is 166 g/mol. The van der Waals surface area contributed by atoms with Gasteiger partial charge in [0.25, 0.3) is 0 Å². The van der Waals surface area contributed by atoms with E-state index in [2.05, 4.69) is 45.6 Å². The molecule has 0 heterocycles. The summed E-state index contributed by atoms with van der Waals surface area (Å²) in [5.41, 5.74) is 0.310. The van der Waals surface area contributed by atoms with Gasteiger partial charge in [-0.3, -0.25) is 0 Å². The molecule has 12 heavy (non-hydrogen) atoms. The van der Waals surface area contributed by atoms with Gasteiger partial charge in [-0.05, 0) is 24.7 Å². The van der Waals surface area contributed by atoms with E-state index in [0.29, 0.717) is 5.41 Å². The molecule has 0 aromatic rings. The van der Waals surface area contributed by atoms with Gasteiger partial charge in [-0.2, -0.15) is 0 Å². The average molecular weight is 166 g/mol. The van der Waals surface area contributed by atoms with Crippen molar-refractivity contribution in [1.82, 2.24) is 0 Å². The molecule has 0 aliphatic heterocycles. The van der Waals surface area contributed by atoms with Crippen LogP contribution in [0.25, 0.3) is 0 Å². The lowest BCUT2D eigenvalue weighted by atomic mass is 9.84. The molecule has 0 N–H and O–H groups in total. The lowest BCUT2D eigenvalue weighted by molar-refractivity contribution is 0.418. The van der Waals surface area contributed by atoms with E-state index in [0.717, 1.165) is 6.42 Å². The fraction of sp³-hybridized carbons (Fsp3) is 0.667. The van der Waals surface area contributed by atoms with E-state index in [1.807, 2.05) is 0 Å². The predicted octanol–water partition coefficient (Wildman–Crippen LogP) is 4.34. The van der Waals surface area contributed by atoms with Crippen LogP contribution in [0.15, 0.2) is 24.8 Å². The molecule has 0 rings (SSSR count). The minimum absolute atomic E-state index is 0.310. The SMILES string of the molecule is C=CC(C)(CC)CC=CCCC. The summed E-state index contributed by atoms with van der Waals surface area (Å²) < 4.78 is 0. The van der Waals surface area contributed by atoms with Gasteiger partial charge in [-0.15, -0.1) is 6.58 Å². The van der Waals surface area contributed by atoms with Crippen LogP contribution < -0.4 is 0 Å². The molecule has 1 unspecified atom stereocenters. The van der Waals surface area contributed by atoms with Crippen LogP contribution in [0.4, 0.5) is 0 Å². The molecule has 0 spiro atoms. The van der Waals surface area contributed by atoms with E-state index >= 15 is 0 Å². The van der Waals surface area contributed by atoms with Crippen LogP contribution in [-0.4, -0.2) is 0 Å². The molecule has 0 heteroatoms. The molecule has 0 fully saturated rings. The third-order valence-electron chi connectivity index (χ3n) is 2.51. The second-order valence-electron chi connectivity index (χ2n) is 3.68. The van der Waals surface area contributed by atoms with Crippen molar-refractivity contribution in [1.29, 1.82) is 0 Å². The maximum Gasteiger partial charge on any atom is -0.0117 e. The van der Waals surface area contributed by atoms with Gasteiger partial charge in [-0.1, -0.05) is 45.4 Å². The van der Waals surface area contributed by atoms with E-state index in [9.17, 15) is 0 Å². The number of hydrogen-bond donors (Lipinski definition) is 0. The van der Waals surface area contributed by atoms with Crippen molar-refractivity contribution >= 4 is 0 Å². The Morgan fingerprint density at radius 3 is 2.33 bits per heavy atom. The summed E-state index contributed by atoms with van der Waals surface area (Å²) in [5, 5.41) is 0. The van der Waals surface area contributed by atoms with Crippen molar-refractivity contribution < 1.29 is 0 Å². The first-order valence-electron chi connectivity index (χ1n) is 4.97. The fourth-order valence-corrected chi connectivity index (χ4v) is 1.01. The molecule has 0 aromatic carbocycles. The molecule has 0 bridgehead atoms. The third kappa shape index (κ3) is 4.38. The highest BCUT2D eigenvalue weighted by atomic mass is 14.2. The zero-order chi connectivity index (χ0) is 9.45. The fourth-order valence-electron chi connectivity index (χ4n) is 1.01. The molecule has 0 aromatic heterocycles. The average Bonchev–Trinajstić information content (AvgIpc) is 2.12. The normalized spacial score (nSPS) is 16.2. The van der Waals surface area contributed by atoms with Crippen molar-refractivity contribution in [3.05, 3.63) is 24.8 Å². The zero-order valence-corrected chi connectivity index (χ0v) is 8.77. The van der Waals surface area contributed by atoms with Crippen LogP contribution in [0.3, 0.4) is 0 Å². The van der Waals surface area contributed by atoms with Crippen LogP contribution in [0.1, 0.15) is 46.5 Å². The van der Waals surface area contributed by atoms with Gasteiger partial charge in [0.1, 0.15) is 0 Å². The highest BCUT2D eigenvalue weighted by Crippen LogP contribution is 2.27. The minimum atomic E-state index is 0.310. The van der Waals surface area contributed by atoms with Gasteiger partial charge >= 0.3 is 0 Å². The van der Waals surface area contributed by atoms with E-state index in [1.165, 1.54) is 19.3 Å². The lowest BCUT2D eigenvalue weighted by Gasteiger charge is -2.21. The van der Waals surface area contributed by atoms with Gasteiger partial charge < -0.3 is 0 Å². The molecule has 0 nitrogen and oxygen atoms in total. The van der Waals surface area contributed by atoms with Crippen LogP contribution in [-0.2, 0) is 0 Å². The zero-order valence-electron chi connectivity index (χ0n) is 8.77.